The van der Waals surface area contributed by atoms with Crippen molar-refractivity contribution in [3.05, 3.63) is 34.3 Å². The molecule has 0 aliphatic carbocycles. The SMILES string of the molecule is CC1CNC(Cc2ccccc2Br)O1. The van der Waals surface area contributed by atoms with Gasteiger partial charge in [-0.2, -0.15) is 0 Å². The molecule has 3 heteroatoms. The summed E-state index contributed by atoms with van der Waals surface area (Å²) in [5, 5.41) is 3.34. The molecular weight excluding hydrogens is 242 g/mol. The van der Waals surface area contributed by atoms with Crippen molar-refractivity contribution < 1.29 is 4.74 Å². The van der Waals surface area contributed by atoms with Gasteiger partial charge in [0.05, 0.1) is 6.10 Å². The molecule has 1 saturated heterocycles. The Morgan fingerprint density at radius 3 is 2.93 bits per heavy atom. The molecule has 0 saturated carbocycles. The van der Waals surface area contributed by atoms with Gasteiger partial charge >= 0.3 is 0 Å². The van der Waals surface area contributed by atoms with Crippen LogP contribution >= 0.6 is 15.9 Å². The van der Waals surface area contributed by atoms with Crippen molar-refractivity contribution >= 4 is 15.9 Å². The average Bonchev–Trinajstić information content (AvgIpc) is 2.56. The first-order chi connectivity index (χ1) is 6.75. The van der Waals surface area contributed by atoms with E-state index in [1.165, 1.54) is 5.56 Å². The van der Waals surface area contributed by atoms with Gasteiger partial charge in [-0.3, -0.25) is 5.32 Å². The molecule has 0 amide bonds. The third kappa shape index (κ3) is 2.35. The third-order valence-corrected chi connectivity index (χ3v) is 3.17. The van der Waals surface area contributed by atoms with Gasteiger partial charge in [0.2, 0.25) is 0 Å². The summed E-state index contributed by atoms with van der Waals surface area (Å²) in [6, 6.07) is 8.27. The molecule has 2 unspecified atom stereocenters. The summed E-state index contributed by atoms with van der Waals surface area (Å²) < 4.78 is 6.85. The van der Waals surface area contributed by atoms with Crippen LogP contribution in [-0.4, -0.2) is 18.9 Å². The van der Waals surface area contributed by atoms with Gasteiger partial charge in [-0.15, -0.1) is 0 Å². The van der Waals surface area contributed by atoms with Gasteiger partial charge in [0.1, 0.15) is 6.23 Å². The number of hydrogen-bond acceptors (Lipinski definition) is 2. The number of nitrogens with one attached hydrogen (secondary N) is 1. The van der Waals surface area contributed by atoms with E-state index in [0.29, 0.717) is 6.10 Å². The van der Waals surface area contributed by atoms with Crippen molar-refractivity contribution in [3.8, 4) is 0 Å². The normalized spacial score (nSPS) is 26.7. The number of rotatable bonds is 2. The van der Waals surface area contributed by atoms with Crippen molar-refractivity contribution in [3.63, 3.8) is 0 Å². The fraction of sp³-hybridized carbons (Fsp3) is 0.455. The highest BCUT2D eigenvalue weighted by Gasteiger charge is 2.21. The first-order valence-corrected chi connectivity index (χ1v) is 5.67. The van der Waals surface area contributed by atoms with Crippen LogP contribution in [0.1, 0.15) is 12.5 Å². The molecule has 1 aliphatic rings. The minimum Gasteiger partial charge on any atom is -0.359 e. The van der Waals surface area contributed by atoms with Crippen molar-refractivity contribution in [2.24, 2.45) is 0 Å². The zero-order valence-electron chi connectivity index (χ0n) is 8.16. The first kappa shape index (κ1) is 10.1. The molecule has 14 heavy (non-hydrogen) atoms. The van der Waals surface area contributed by atoms with Crippen molar-refractivity contribution in [1.82, 2.24) is 5.32 Å². The maximum Gasteiger partial charge on any atom is 0.112 e. The van der Waals surface area contributed by atoms with E-state index in [0.717, 1.165) is 17.4 Å². The lowest BCUT2D eigenvalue weighted by Crippen LogP contribution is -2.24. The highest BCUT2D eigenvalue weighted by Crippen LogP contribution is 2.19. The van der Waals surface area contributed by atoms with Gasteiger partial charge < -0.3 is 4.74 Å². The van der Waals surface area contributed by atoms with Gasteiger partial charge in [-0.05, 0) is 18.6 Å². The fourth-order valence-electron chi connectivity index (χ4n) is 1.66. The quantitative estimate of drug-likeness (QED) is 0.876. The van der Waals surface area contributed by atoms with Crippen molar-refractivity contribution in [1.29, 1.82) is 0 Å². The second-order valence-electron chi connectivity index (χ2n) is 3.64. The van der Waals surface area contributed by atoms with E-state index in [4.69, 9.17) is 4.74 Å². The number of hydrogen-bond donors (Lipinski definition) is 1. The van der Waals surface area contributed by atoms with Crippen LogP contribution in [0.25, 0.3) is 0 Å². The van der Waals surface area contributed by atoms with Crippen molar-refractivity contribution in [2.45, 2.75) is 25.7 Å². The predicted molar refractivity (Wildman–Crippen MR) is 60.2 cm³/mol. The van der Waals surface area contributed by atoms with E-state index in [1.54, 1.807) is 0 Å². The molecular formula is C11H14BrNO. The maximum atomic E-state index is 5.69. The summed E-state index contributed by atoms with van der Waals surface area (Å²) in [5.41, 5.74) is 1.29. The molecule has 0 radical (unpaired) electrons. The van der Waals surface area contributed by atoms with Crippen LogP contribution in [0.3, 0.4) is 0 Å². The molecule has 1 fully saturated rings. The summed E-state index contributed by atoms with van der Waals surface area (Å²) in [6.07, 6.45) is 1.43. The van der Waals surface area contributed by atoms with Crippen LogP contribution < -0.4 is 5.32 Å². The van der Waals surface area contributed by atoms with Gasteiger partial charge in [0.25, 0.3) is 0 Å². The number of halogens is 1. The van der Waals surface area contributed by atoms with E-state index < -0.39 is 0 Å². The monoisotopic (exact) mass is 255 g/mol. The molecule has 2 rings (SSSR count). The highest BCUT2D eigenvalue weighted by molar-refractivity contribution is 9.10. The Hall–Kier alpha value is -0.380. The van der Waals surface area contributed by atoms with Crippen LogP contribution in [0, 0.1) is 0 Å². The van der Waals surface area contributed by atoms with Crippen LogP contribution in [-0.2, 0) is 11.2 Å². The van der Waals surface area contributed by atoms with Gasteiger partial charge in [0, 0.05) is 17.4 Å². The Labute approximate surface area is 92.8 Å². The maximum absolute atomic E-state index is 5.69. The molecule has 0 bridgehead atoms. The lowest BCUT2D eigenvalue weighted by Gasteiger charge is -2.11. The summed E-state index contributed by atoms with van der Waals surface area (Å²) >= 11 is 3.54. The van der Waals surface area contributed by atoms with Gasteiger partial charge in [-0.25, -0.2) is 0 Å². The summed E-state index contributed by atoms with van der Waals surface area (Å²) in [5.74, 6) is 0. The minimum atomic E-state index is 0.170. The van der Waals surface area contributed by atoms with E-state index in [1.807, 2.05) is 6.07 Å². The Kier molecular flexibility index (Phi) is 3.21. The summed E-state index contributed by atoms with van der Waals surface area (Å²) in [7, 11) is 0. The smallest absolute Gasteiger partial charge is 0.112 e. The number of ether oxygens (including phenoxy) is 1. The van der Waals surface area contributed by atoms with Crippen LogP contribution in [0.2, 0.25) is 0 Å². The Bertz CT molecular complexity index is 316. The van der Waals surface area contributed by atoms with Gasteiger partial charge in [0.15, 0.2) is 0 Å². The molecule has 76 valence electrons. The van der Waals surface area contributed by atoms with E-state index >= 15 is 0 Å². The second kappa shape index (κ2) is 4.43. The number of benzene rings is 1. The highest BCUT2D eigenvalue weighted by atomic mass is 79.9. The molecule has 1 aliphatic heterocycles. The fourth-order valence-corrected chi connectivity index (χ4v) is 2.10. The largest absolute Gasteiger partial charge is 0.359 e. The Morgan fingerprint density at radius 1 is 1.50 bits per heavy atom. The molecule has 1 aromatic rings. The zero-order valence-corrected chi connectivity index (χ0v) is 9.75. The van der Waals surface area contributed by atoms with Gasteiger partial charge in [-0.1, -0.05) is 34.1 Å². The van der Waals surface area contributed by atoms with E-state index in [9.17, 15) is 0 Å². The standard InChI is InChI=1S/C11H14BrNO/c1-8-7-13-11(14-8)6-9-4-2-3-5-10(9)12/h2-5,8,11,13H,6-7H2,1H3. The Balaban J connectivity index is 2.01. The molecule has 2 nitrogen and oxygen atoms in total. The predicted octanol–water partition coefficient (Wildman–Crippen LogP) is 2.33. The molecule has 1 N–H and O–H groups in total. The van der Waals surface area contributed by atoms with E-state index in [2.05, 4.69) is 46.4 Å². The lowest BCUT2D eigenvalue weighted by atomic mass is 10.1. The third-order valence-electron chi connectivity index (χ3n) is 2.39. The van der Waals surface area contributed by atoms with Crippen LogP contribution in [0.15, 0.2) is 28.7 Å². The van der Waals surface area contributed by atoms with Crippen LogP contribution in [0.4, 0.5) is 0 Å². The van der Waals surface area contributed by atoms with E-state index in [-0.39, 0.29) is 6.23 Å². The minimum absolute atomic E-state index is 0.170. The topological polar surface area (TPSA) is 21.3 Å². The average molecular weight is 256 g/mol. The van der Waals surface area contributed by atoms with Crippen LogP contribution in [0.5, 0.6) is 0 Å². The molecule has 0 aromatic heterocycles. The second-order valence-corrected chi connectivity index (χ2v) is 4.49. The Morgan fingerprint density at radius 2 is 2.29 bits per heavy atom. The summed E-state index contributed by atoms with van der Waals surface area (Å²) in [4.78, 5) is 0. The molecule has 0 spiro atoms. The first-order valence-electron chi connectivity index (χ1n) is 4.88. The molecule has 1 heterocycles. The summed E-state index contributed by atoms with van der Waals surface area (Å²) in [6.45, 7) is 3.04. The molecule has 1 aromatic carbocycles. The zero-order chi connectivity index (χ0) is 9.97. The van der Waals surface area contributed by atoms with Crippen molar-refractivity contribution in [2.75, 3.05) is 6.54 Å². The lowest BCUT2D eigenvalue weighted by molar-refractivity contribution is 0.0519. The molecule has 2 atom stereocenters.